The summed E-state index contributed by atoms with van der Waals surface area (Å²) in [6.07, 6.45) is -0.371. The molecule has 1 unspecified atom stereocenters. The zero-order valence-corrected chi connectivity index (χ0v) is 10.5. The summed E-state index contributed by atoms with van der Waals surface area (Å²) in [7, 11) is 0. The molecule has 0 aliphatic carbocycles. The zero-order chi connectivity index (χ0) is 12.3. The van der Waals surface area contributed by atoms with Crippen molar-refractivity contribution < 1.29 is 9.13 Å². The predicted octanol–water partition coefficient (Wildman–Crippen LogP) is 3.62. The van der Waals surface area contributed by atoms with Crippen molar-refractivity contribution in [3.8, 4) is 5.75 Å². The van der Waals surface area contributed by atoms with Gasteiger partial charge in [-0.05, 0) is 24.3 Å². The van der Waals surface area contributed by atoms with Crippen molar-refractivity contribution in [2.45, 2.75) is 6.10 Å². The molecule has 5 heteroatoms. The van der Waals surface area contributed by atoms with Crippen LogP contribution in [0.4, 0.5) is 4.39 Å². The van der Waals surface area contributed by atoms with Gasteiger partial charge in [0.25, 0.3) is 0 Å². The maximum Gasteiger partial charge on any atom is 0.165 e. The topological polar surface area (TPSA) is 35.2 Å². The van der Waals surface area contributed by atoms with Crippen molar-refractivity contribution in [2.75, 3.05) is 6.54 Å². The van der Waals surface area contributed by atoms with E-state index in [0.717, 1.165) is 4.88 Å². The monoisotopic (exact) mass is 271 g/mol. The maximum absolute atomic E-state index is 13.4. The first-order valence-electron chi connectivity index (χ1n) is 5.07. The van der Waals surface area contributed by atoms with Crippen LogP contribution in [0.2, 0.25) is 4.34 Å². The lowest BCUT2D eigenvalue weighted by atomic mass is 10.3. The normalized spacial score (nSPS) is 12.4. The van der Waals surface area contributed by atoms with Crippen LogP contribution in [-0.4, -0.2) is 6.54 Å². The molecule has 1 atom stereocenters. The summed E-state index contributed by atoms with van der Waals surface area (Å²) in [5.41, 5.74) is 5.63. The Bertz CT molecular complexity index is 503. The lowest BCUT2D eigenvalue weighted by Crippen LogP contribution is -2.17. The predicted molar refractivity (Wildman–Crippen MR) is 68.2 cm³/mol. The van der Waals surface area contributed by atoms with Crippen LogP contribution in [0.1, 0.15) is 11.0 Å². The Morgan fingerprint density at radius 1 is 1.29 bits per heavy atom. The third-order valence-corrected chi connectivity index (χ3v) is 3.55. The van der Waals surface area contributed by atoms with Gasteiger partial charge in [-0.3, -0.25) is 0 Å². The maximum atomic E-state index is 13.4. The van der Waals surface area contributed by atoms with Crippen LogP contribution in [-0.2, 0) is 0 Å². The molecule has 17 heavy (non-hydrogen) atoms. The standard InChI is InChI=1S/C12H11ClFNOS/c13-12-6-5-11(17-12)10(7-15)16-9-4-2-1-3-8(9)14/h1-6,10H,7,15H2. The minimum Gasteiger partial charge on any atom is -0.480 e. The smallest absolute Gasteiger partial charge is 0.165 e. The van der Waals surface area contributed by atoms with Gasteiger partial charge in [0.15, 0.2) is 11.6 Å². The van der Waals surface area contributed by atoms with E-state index in [4.69, 9.17) is 22.1 Å². The Hall–Kier alpha value is -1.10. The van der Waals surface area contributed by atoms with Crippen molar-refractivity contribution >= 4 is 22.9 Å². The second-order valence-corrected chi connectivity index (χ2v) is 5.16. The van der Waals surface area contributed by atoms with E-state index in [0.29, 0.717) is 4.34 Å². The lowest BCUT2D eigenvalue weighted by molar-refractivity contribution is 0.208. The Morgan fingerprint density at radius 3 is 2.65 bits per heavy atom. The zero-order valence-electron chi connectivity index (χ0n) is 8.90. The van der Waals surface area contributed by atoms with Gasteiger partial charge >= 0.3 is 0 Å². The van der Waals surface area contributed by atoms with Crippen LogP contribution >= 0.6 is 22.9 Å². The lowest BCUT2D eigenvalue weighted by Gasteiger charge is -2.16. The Kier molecular flexibility index (Phi) is 3.99. The molecule has 0 amide bonds. The van der Waals surface area contributed by atoms with Crippen molar-refractivity contribution in [1.29, 1.82) is 0 Å². The van der Waals surface area contributed by atoms with Crippen LogP contribution in [0.5, 0.6) is 5.75 Å². The summed E-state index contributed by atoms with van der Waals surface area (Å²) in [4.78, 5) is 0.890. The summed E-state index contributed by atoms with van der Waals surface area (Å²) in [5.74, 6) is -0.193. The highest BCUT2D eigenvalue weighted by atomic mass is 35.5. The fraction of sp³-hybridized carbons (Fsp3) is 0.167. The molecule has 0 fully saturated rings. The highest BCUT2D eigenvalue weighted by Gasteiger charge is 2.15. The van der Waals surface area contributed by atoms with Crippen molar-refractivity contribution in [1.82, 2.24) is 0 Å². The molecule has 2 N–H and O–H groups in total. The quantitative estimate of drug-likeness (QED) is 0.922. The van der Waals surface area contributed by atoms with E-state index in [2.05, 4.69) is 0 Å². The highest BCUT2D eigenvalue weighted by Crippen LogP contribution is 2.30. The summed E-state index contributed by atoms with van der Waals surface area (Å²) >= 11 is 7.23. The molecule has 90 valence electrons. The molecule has 0 spiro atoms. The van der Waals surface area contributed by atoms with E-state index in [1.165, 1.54) is 17.4 Å². The number of halogens is 2. The average Bonchev–Trinajstić information content (AvgIpc) is 2.75. The molecule has 0 radical (unpaired) electrons. The first kappa shape index (κ1) is 12.4. The van der Waals surface area contributed by atoms with E-state index in [-0.39, 0.29) is 18.4 Å². The molecule has 1 aromatic heterocycles. The van der Waals surface area contributed by atoms with Gasteiger partial charge in [0.05, 0.1) is 4.34 Å². The number of para-hydroxylation sites is 1. The molecule has 0 saturated carbocycles. The highest BCUT2D eigenvalue weighted by molar-refractivity contribution is 7.16. The Labute approximate surface area is 108 Å². The second-order valence-electron chi connectivity index (χ2n) is 3.41. The number of hydrogen-bond acceptors (Lipinski definition) is 3. The van der Waals surface area contributed by atoms with Crippen LogP contribution in [0.15, 0.2) is 36.4 Å². The molecule has 0 aliphatic heterocycles. The van der Waals surface area contributed by atoms with Gasteiger partial charge in [0.1, 0.15) is 6.10 Å². The number of ether oxygens (including phenoxy) is 1. The van der Waals surface area contributed by atoms with Gasteiger partial charge in [0.2, 0.25) is 0 Å². The molecular weight excluding hydrogens is 261 g/mol. The van der Waals surface area contributed by atoms with Gasteiger partial charge in [-0.2, -0.15) is 0 Å². The van der Waals surface area contributed by atoms with Gasteiger partial charge in [0, 0.05) is 11.4 Å². The van der Waals surface area contributed by atoms with Gasteiger partial charge in [-0.1, -0.05) is 23.7 Å². The number of hydrogen-bond donors (Lipinski definition) is 1. The Balaban J connectivity index is 2.18. The summed E-state index contributed by atoms with van der Waals surface area (Å²) in [6.45, 7) is 0.269. The average molecular weight is 272 g/mol. The number of rotatable bonds is 4. The molecule has 0 aliphatic rings. The van der Waals surface area contributed by atoms with Gasteiger partial charge < -0.3 is 10.5 Å². The number of nitrogens with two attached hydrogens (primary N) is 1. The molecule has 1 aromatic carbocycles. The van der Waals surface area contributed by atoms with Crippen molar-refractivity contribution in [3.63, 3.8) is 0 Å². The molecule has 2 rings (SSSR count). The molecule has 1 heterocycles. The third kappa shape index (κ3) is 2.97. The largest absolute Gasteiger partial charge is 0.480 e. The molecular formula is C12H11ClFNOS. The molecule has 0 saturated heterocycles. The summed E-state index contributed by atoms with van der Waals surface area (Å²) in [6, 6.07) is 9.87. The van der Waals surface area contributed by atoms with Crippen LogP contribution in [0.3, 0.4) is 0 Å². The second kappa shape index (κ2) is 5.49. The number of thiophene rings is 1. The van der Waals surface area contributed by atoms with Crippen molar-refractivity contribution in [2.24, 2.45) is 5.73 Å². The van der Waals surface area contributed by atoms with Crippen LogP contribution < -0.4 is 10.5 Å². The summed E-state index contributed by atoms with van der Waals surface area (Å²) in [5, 5.41) is 0. The van der Waals surface area contributed by atoms with E-state index in [1.54, 1.807) is 24.3 Å². The van der Waals surface area contributed by atoms with E-state index < -0.39 is 5.82 Å². The molecule has 2 nitrogen and oxygen atoms in total. The Morgan fingerprint density at radius 2 is 2.06 bits per heavy atom. The third-order valence-electron chi connectivity index (χ3n) is 2.23. The SMILES string of the molecule is NCC(Oc1ccccc1F)c1ccc(Cl)s1. The van der Waals surface area contributed by atoms with Gasteiger partial charge in [-0.25, -0.2) is 4.39 Å². The van der Waals surface area contributed by atoms with Gasteiger partial charge in [-0.15, -0.1) is 11.3 Å². The summed E-state index contributed by atoms with van der Waals surface area (Å²) < 4.78 is 19.6. The van der Waals surface area contributed by atoms with Crippen LogP contribution in [0, 0.1) is 5.82 Å². The van der Waals surface area contributed by atoms with Crippen molar-refractivity contribution in [3.05, 3.63) is 51.4 Å². The molecule has 0 bridgehead atoms. The fourth-order valence-electron chi connectivity index (χ4n) is 1.42. The molecule has 2 aromatic rings. The first-order valence-corrected chi connectivity index (χ1v) is 6.26. The van der Waals surface area contributed by atoms with E-state index >= 15 is 0 Å². The van der Waals surface area contributed by atoms with E-state index in [9.17, 15) is 4.39 Å². The number of benzene rings is 1. The minimum absolute atomic E-state index is 0.201. The van der Waals surface area contributed by atoms with E-state index in [1.807, 2.05) is 6.07 Å². The van der Waals surface area contributed by atoms with Crippen LogP contribution in [0.25, 0.3) is 0 Å². The minimum atomic E-state index is -0.395. The first-order chi connectivity index (χ1) is 8.20. The fourth-order valence-corrected chi connectivity index (χ4v) is 2.52.